The molecule has 0 saturated heterocycles. The first-order chi connectivity index (χ1) is 16.3. The fourth-order valence-corrected chi connectivity index (χ4v) is 5.01. The number of nitrogens with one attached hydrogen (secondary N) is 1. The molecule has 178 valence electrons. The molecule has 0 bridgehead atoms. The second-order valence-corrected chi connectivity index (χ2v) is 10.1. The molecule has 34 heavy (non-hydrogen) atoms. The number of carbonyl (C=O) groups excluding carboxylic acids is 1. The standard InChI is InChI=1S/C26H28N2O5S/c1-32-25-15-20(10-13-24(25)33-18-19-7-4-3-5-8-19)17-27-26(29)22-11-12-23-21(16-22)9-6-14-28(23)34(2,30)31/h3-5,7-8,10-13,15-16H,6,9,14,17-18H2,1-2H3,(H,27,29). The molecule has 0 fully saturated rings. The average Bonchev–Trinajstić information content (AvgIpc) is 2.85. The van der Waals surface area contributed by atoms with Crippen molar-refractivity contribution in [2.45, 2.75) is 26.0 Å². The zero-order chi connectivity index (χ0) is 24.1. The van der Waals surface area contributed by atoms with Gasteiger partial charge < -0.3 is 14.8 Å². The Hall–Kier alpha value is -3.52. The quantitative estimate of drug-likeness (QED) is 0.528. The summed E-state index contributed by atoms with van der Waals surface area (Å²) in [4.78, 5) is 12.8. The van der Waals surface area contributed by atoms with Gasteiger partial charge in [0.2, 0.25) is 10.0 Å². The third kappa shape index (κ3) is 5.51. The molecule has 3 aromatic rings. The van der Waals surface area contributed by atoms with Gasteiger partial charge in [-0.25, -0.2) is 8.42 Å². The Morgan fingerprint density at radius 2 is 1.79 bits per heavy atom. The summed E-state index contributed by atoms with van der Waals surface area (Å²) in [5, 5.41) is 2.92. The first-order valence-electron chi connectivity index (χ1n) is 11.1. The molecule has 8 heteroatoms. The molecule has 0 radical (unpaired) electrons. The third-order valence-electron chi connectivity index (χ3n) is 5.74. The lowest BCUT2D eigenvalue weighted by Crippen LogP contribution is -2.34. The lowest BCUT2D eigenvalue weighted by molar-refractivity contribution is 0.0950. The van der Waals surface area contributed by atoms with Crippen LogP contribution in [-0.4, -0.2) is 34.2 Å². The summed E-state index contributed by atoms with van der Waals surface area (Å²) in [5.74, 6) is 1.01. The Morgan fingerprint density at radius 1 is 1.00 bits per heavy atom. The first kappa shape index (κ1) is 23.6. The van der Waals surface area contributed by atoms with Crippen molar-refractivity contribution in [2.75, 3.05) is 24.2 Å². The van der Waals surface area contributed by atoms with Gasteiger partial charge in [-0.2, -0.15) is 0 Å². The maximum atomic E-state index is 12.8. The van der Waals surface area contributed by atoms with Gasteiger partial charge in [-0.1, -0.05) is 36.4 Å². The number of aryl methyl sites for hydroxylation is 1. The minimum atomic E-state index is -3.34. The number of hydrogen-bond acceptors (Lipinski definition) is 5. The van der Waals surface area contributed by atoms with Crippen LogP contribution in [-0.2, 0) is 29.6 Å². The predicted molar refractivity (Wildman–Crippen MR) is 132 cm³/mol. The number of methoxy groups -OCH3 is 1. The summed E-state index contributed by atoms with van der Waals surface area (Å²) in [7, 11) is -1.75. The number of nitrogens with zero attached hydrogens (tertiary/aromatic N) is 1. The molecule has 7 nitrogen and oxygen atoms in total. The maximum Gasteiger partial charge on any atom is 0.251 e. The van der Waals surface area contributed by atoms with Crippen LogP contribution in [0.25, 0.3) is 0 Å². The van der Waals surface area contributed by atoms with Crippen molar-refractivity contribution in [3.63, 3.8) is 0 Å². The zero-order valence-electron chi connectivity index (χ0n) is 19.3. The van der Waals surface area contributed by atoms with Crippen LogP contribution in [0.3, 0.4) is 0 Å². The molecule has 1 amide bonds. The second kappa shape index (κ2) is 10.2. The van der Waals surface area contributed by atoms with E-state index >= 15 is 0 Å². The lowest BCUT2D eigenvalue weighted by atomic mass is 10.0. The largest absolute Gasteiger partial charge is 0.493 e. The highest BCUT2D eigenvalue weighted by atomic mass is 32.2. The van der Waals surface area contributed by atoms with Gasteiger partial charge in [0.15, 0.2) is 11.5 Å². The summed E-state index contributed by atoms with van der Waals surface area (Å²) in [5.41, 5.74) is 3.96. The number of anilines is 1. The van der Waals surface area contributed by atoms with Crippen LogP contribution in [0.4, 0.5) is 5.69 Å². The number of hydrogen-bond donors (Lipinski definition) is 1. The van der Waals surface area contributed by atoms with Gasteiger partial charge in [-0.05, 0) is 59.9 Å². The van der Waals surface area contributed by atoms with E-state index in [-0.39, 0.29) is 5.91 Å². The summed E-state index contributed by atoms with van der Waals surface area (Å²) >= 11 is 0. The van der Waals surface area contributed by atoms with Crippen LogP contribution in [0.5, 0.6) is 11.5 Å². The van der Waals surface area contributed by atoms with Crippen molar-refractivity contribution >= 4 is 21.6 Å². The van der Waals surface area contributed by atoms with E-state index in [2.05, 4.69) is 5.32 Å². The molecule has 0 atom stereocenters. The molecule has 3 aromatic carbocycles. The van der Waals surface area contributed by atoms with E-state index in [0.717, 1.165) is 29.5 Å². The van der Waals surface area contributed by atoms with Gasteiger partial charge in [0.05, 0.1) is 19.1 Å². The van der Waals surface area contributed by atoms with E-state index in [0.29, 0.717) is 42.4 Å². The van der Waals surface area contributed by atoms with Gasteiger partial charge in [0, 0.05) is 18.7 Å². The molecule has 0 spiro atoms. The van der Waals surface area contributed by atoms with Crippen LogP contribution in [0.2, 0.25) is 0 Å². The molecule has 4 rings (SSSR count). The van der Waals surface area contributed by atoms with E-state index in [1.54, 1.807) is 25.3 Å². The van der Waals surface area contributed by atoms with Crippen LogP contribution in [0.1, 0.15) is 33.5 Å². The first-order valence-corrected chi connectivity index (χ1v) is 12.9. The van der Waals surface area contributed by atoms with Gasteiger partial charge in [0.25, 0.3) is 5.91 Å². The fraction of sp³-hybridized carbons (Fsp3) is 0.269. The third-order valence-corrected chi connectivity index (χ3v) is 6.92. The maximum absolute atomic E-state index is 12.8. The molecule has 1 aliphatic heterocycles. The van der Waals surface area contributed by atoms with Crippen molar-refractivity contribution in [3.8, 4) is 11.5 Å². The second-order valence-electron chi connectivity index (χ2n) is 8.22. The van der Waals surface area contributed by atoms with Gasteiger partial charge in [-0.3, -0.25) is 9.10 Å². The van der Waals surface area contributed by atoms with Crippen LogP contribution in [0.15, 0.2) is 66.7 Å². The fourth-order valence-electron chi connectivity index (χ4n) is 4.01. The Balaban J connectivity index is 1.41. The van der Waals surface area contributed by atoms with Gasteiger partial charge >= 0.3 is 0 Å². The Kier molecular flexibility index (Phi) is 7.07. The molecular weight excluding hydrogens is 452 g/mol. The van der Waals surface area contributed by atoms with Crippen LogP contribution < -0.4 is 19.1 Å². The van der Waals surface area contributed by atoms with E-state index in [4.69, 9.17) is 9.47 Å². The summed E-state index contributed by atoms with van der Waals surface area (Å²) < 4.78 is 36.9. The van der Waals surface area contributed by atoms with E-state index in [1.165, 1.54) is 10.6 Å². The zero-order valence-corrected chi connectivity index (χ0v) is 20.1. The number of amides is 1. The van der Waals surface area contributed by atoms with Crippen LogP contribution in [0, 0.1) is 0 Å². The number of rotatable bonds is 8. The average molecular weight is 481 g/mol. The monoisotopic (exact) mass is 480 g/mol. The molecule has 0 aromatic heterocycles. The van der Waals surface area contributed by atoms with E-state index in [9.17, 15) is 13.2 Å². The van der Waals surface area contributed by atoms with E-state index < -0.39 is 10.0 Å². The molecule has 0 saturated carbocycles. The highest BCUT2D eigenvalue weighted by Crippen LogP contribution is 2.31. The summed E-state index contributed by atoms with van der Waals surface area (Å²) in [6.45, 7) is 1.22. The highest BCUT2D eigenvalue weighted by Gasteiger charge is 2.24. The minimum Gasteiger partial charge on any atom is -0.493 e. The Bertz CT molecular complexity index is 1280. The highest BCUT2D eigenvalue weighted by molar-refractivity contribution is 7.92. The molecule has 1 aliphatic rings. The number of sulfonamides is 1. The molecule has 0 unspecified atom stereocenters. The van der Waals surface area contributed by atoms with Crippen molar-refractivity contribution in [2.24, 2.45) is 0 Å². The Morgan fingerprint density at radius 3 is 2.53 bits per heavy atom. The normalized spacial score (nSPS) is 13.2. The summed E-state index contributed by atoms with van der Waals surface area (Å²) in [6, 6.07) is 20.6. The van der Waals surface area contributed by atoms with E-state index in [1.807, 2.05) is 48.5 Å². The SMILES string of the molecule is COc1cc(CNC(=O)c2ccc3c(c2)CCCN3S(C)(=O)=O)ccc1OCc1ccccc1. The van der Waals surface area contributed by atoms with Crippen molar-refractivity contribution in [3.05, 3.63) is 89.0 Å². The lowest BCUT2D eigenvalue weighted by Gasteiger charge is -2.29. The number of carbonyl (C=O) groups is 1. The minimum absolute atomic E-state index is 0.220. The smallest absolute Gasteiger partial charge is 0.251 e. The van der Waals surface area contributed by atoms with Crippen molar-refractivity contribution in [1.29, 1.82) is 0 Å². The van der Waals surface area contributed by atoms with Crippen LogP contribution >= 0.6 is 0 Å². The number of benzene rings is 3. The molecule has 0 aliphatic carbocycles. The molecule has 1 N–H and O–H groups in total. The molecule has 1 heterocycles. The van der Waals surface area contributed by atoms with Gasteiger partial charge in [0.1, 0.15) is 6.61 Å². The number of fused-ring (bicyclic) bond motifs is 1. The Labute approximate surface area is 200 Å². The predicted octanol–water partition coefficient (Wildman–Crippen LogP) is 3.92. The van der Waals surface area contributed by atoms with Crippen molar-refractivity contribution in [1.82, 2.24) is 5.32 Å². The summed E-state index contributed by atoms with van der Waals surface area (Å²) in [6.07, 6.45) is 2.67. The number of ether oxygens (including phenoxy) is 2. The topological polar surface area (TPSA) is 84.9 Å². The van der Waals surface area contributed by atoms with Crippen molar-refractivity contribution < 1.29 is 22.7 Å². The molecular formula is C26H28N2O5S. The van der Waals surface area contributed by atoms with Gasteiger partial charge in [-0.15, -0.1) is 0 Å².